The van der Waals surface area contributed by atoms with E-state index in [1.807, 2.05) is 24.4 Å². The minimum Gasteiger partial charge on any atom is -0.456 e. The van der Waals surface area contributed by atoms with Gasteiger partial charge in [0.2, 0.25) is 0 Å². The molecule has 6 rings (SSSR count). The third kappa shape index (κ3) is 3.70. The molecule has 0 saturated heterocycles. The number of pyridine rings is 1. The van der Waals surface area contributed by atoms with Gasteiger partial charge in [-0.3, -0.25) is 4.98 Å². The third-order valence-corrected chi connectivity index (χ3v) is 6.84. The van der Waals surface area contributed by atoms with Crippen LogP contribution in [0.3, 0.4) is 0 Å². The molecule has 5 aromatic rings. The van der Waals surface area contributed by atoms with Gasteiger partial charge < -0.3 is 4.42 Å². The number of benzene rings is 3. The van der Waals surface area contributed by atoms with E-state index in [1.165, 1.54) is 49.4 Å². The number of fused-ring (bicyclic) bond motifs is 3. The highest BCUT2D eigenvalue weighted by atomic mass is 19.1. The molecule has 0 spiro atoms. The molecule has 0 amide bonds. The van der Waals surface area contributed by atoms with E-state index >= 15 is 0 Å². The van der Waals surface area contributed by atoms with Gasteiger partial charge in [0, 0.05) is 22.5 Å². The Hall–Kier alpha value is -3.53. The average molecular weight is 440 g/mol. The Morgan fingerprint density at radius 1 is 0.788 bits per heavy atom. The molecule has 1 fully saturated rings. The molecule has 4 heteroatoms. The lowest BCUT2D eigenvalue weighted by molar-refractivity contribution is 0.546. The van der Waals surface area contributed by atoms with Crippen LogP contribution in [0.2, 0.25) is 0 Å². The highest BCUT2D eigenvalue weighted by Crippen LogP contribution is 2.36. The normalized spacial score (nSPS) is 14.5. The van der Waals surface area contributed by atoms with Crippen molar-refractivity contribution in [1.29, 1.82) is 0 Å². The number of hydrogen-bond acceptors (Lipinski definition) is 2. The van der Waals surface area contributed by atoms with Gasteiger partial charge in [0.1, 0.15) is 22.8 Å². The molecule has 1 aliphatic carbocycles. The highest BCUT2D eigenvalue weighted by molar-refractivity contribution is 6.06. The van der Waals surface area contributed by atoms with Crippen molar-refractivity contribution < 1.29 is 13.2 Å². The monoisotopic (exact) mass is 439 g/mol. The summed E-state index contributed by atoms with van der Waals surface area (Å²) in [6, 6.07) is 19.6. The second-order valence-electron chi connectivity index (χ2n) is 9.02. The summed E-state index contributed by atoms with van der Waals surface area (Å²) in [6.45, 7) is 0. The smallest absolute Gasteiger partial charge is 0.136 e. The van der Waals surface area contributed by atoms with Gasteiger partial charge in [-0.15, -0.1) is 0 Å². The second kappa shape index (κ2) is 8.11. The molecule has 3 aromatic carbocycles. The summed E-state index contributed by atoms with van der Waals surface area (Å²) in [5.41, 5.74) is 5.01. The fourth-order valence-corrected chi connectivity index (χ4v) is 5.17. The van der Waals surface area contributed by atoms with Gasteiger partial charge in [0.25, 0.3) is 0 Å². The van der Waals surface area contributed by atoms with Crippen LogP contribution in [-0.4, -0.2) is 4.98 Å². The molecule has 164 valence electrons. The molecule has 0 aliphatic heterocycles. The maximum atomic E-state index is 14.3. The maximum Gasteiger partial charge on any atom is 0.136 e. The van der Waals surface area contributed by atoms with Crippen molar-refractivity contribution in [2.24, 2.45) is 5.92 Å². The van der Waals surface area contributed by atoms with E-state index in [1.54, 1.807) is 12.1 Å². The summed E-state index contributed by atoms with van der Waals surface area (Å²) in [5.74, 6) is -0.390. The molecule has 0 atom stereocenters. The first-order chi connectivity index (χ1) is 16.2. The van der Waals surface area contributed by atoms with Crippen molar-refractivity contribution >= 4 is 21.9 Å². The van der Waals surface area contributed by atoms with Gasteiger partial charge in [0.15, 0.2) is 0 Å². The average Bonchev–Trinajstić information content (AvgIpc) is 3.46. The summed E-state index contributed by atoms with van der Waals surface area (Å²) < 4.78 is 34.7. The van der Waals surface area contributed by atoms with E-state index < -0.39 is 11.6 Å². The number of halogens is 2. The van der Waals surface area contributed by atoms with Crippen LogP contribution in [0.15, 0.2) is 77.3 Å². The van der Waals surface area contributed by atoms with Crippen LogP contribution in [0.4, 0.5) is 8.78 Å². The van der Waals surface area contributed by atoms with Crippen LogP contribution >= 0.6 is 0 Å². The highest BCUT2D eigenvalue weighted by Gasteiger charge is 2.17. The van der Waals surface area contributed by atoms with Gasteiger partial charge in [-0.05, 0) is 72.0 Å². The summed E-state index contributed by atoms with van der Waals surface area (Å²) in [7, 11) is 0. The molecule has 1 aliphatic rings. The number of nitrogens with zero attached hydrogens (tertiary/aromatic N) is 1. The molecule has 0 N–H and O–H groups in total. The first-order valence-electron chi connectivity index (χ1n) is 11.5. The van der Waals surface area contributed by atoms with Gasteiger partial charge in [0.05, 0.1) is 11.3 Å². The summed E-state index contributed by atoms with van der Waals surface area (Å²) in [4.78, 5) is 4.59. The van der Waals surface area contributed by atoms with Crippen LogP contribution in [0.1, 0.15) is 31.2 Å². The van der Waals surface area contributed by atoms with Gasteiger partial charge in [-0.25, -0.2) is 8.78 Å². The van der Waals surface area contributed by atoms with Crippen molar-refractivity contribution in [2.75, 3.05) is 0 Å². The molecule has 33 heavy (non-hydrogen) atoms. The Labute approximate surface area is 190 Å². The van der Waals surface area contributed by atoms with Crippen molar-refractivity contribution in [2.45, 2.75) is 32.1 Å². The molecule has 0 unspecified atom stereocenters. The zero-order chi connectivity index (χ0) is 22.4. The van der Waals surface area contributed by atoms with E-state index in [-0.39, 0.29) is 5.56 Å². The van der Waals surface area contributed by atoms with Gasteiger partial charge in [-0.1, -0.05) is 43.9 Å². The maximum absolute atomic E-state index is 14.3. The Kier molecular flexibility index (Phi) is 4.94. The SMILES string of the molecule is Fc1cccc(F)c1-c1ccc2c(c1)oc1cc(-c3cc(CC4CCCC4)ccn3)ccc12. The van der Waals surface area contributed by atoms with Crippen LogP contribution < -0.4 is 0 Å². The topological polar surface area (TPSA) is 26.0 Å². The van der Waals surface area contributed by atoms with Crippen molar-refractivity contribution in [3.8, 4) is 22.4 Å². The fraction of sp³-hybridized carbons (Fsp3) is 0.207. The van der Waals surface area contributed by atoms with E-state index in [0.29, 0.717) is 11.1 Å². The van der Waals surface area contributed by atoms with E-state index in [0.717, 1.165) is 40.0 Å². The molecule has 2 nitrogen and oxygen atoms in total. The quantitative estimate of drug-likeness (QED) is 0.281. The number of aromatic nitrogens is 1. The first kappa shape index (κ1) is 20.1. The summed E-state index contributed by atoms with van der Waals surface area (Å²) in [5, 5.41) is 1.89. The Bertz CT molecular complexity index is 1460. The summed E-state index contributed by atoms with van der Waals surface area (Å²) in [6.07, 6.45) is 8.32. The predicted octanol–water partition coefficient (Wildman–Crippen LogP) is 8.33. The Morgan fingerprint density at radius 3 is 2.18 bits per heavy atom. The largest absolute Gasteiger partial charge is 0.456 e. The van der Waals surface area contributed by atoms with Crippen LogP contribution in [0.5, 0.6) is 0 Å². The Morgan fingerprint density at radius 2 is 1.45 bits per heavy atom. The molecular formula is C29H23F2NO. The molecule has 2 heterocycles. The second-order valence-corrected chi connectivity index (χ2v) is 9.02. The van der Waals surface area contributed by atoms with E-state index in [4.69, 9.17) is 4.42 Å². The molecule has 2 aromatic heterocycles. The van der Waals surface area contributed by atoms with Gasteiger partial charge in [-0.2, -0.15) is 0 Å². The van der Waals surface area contributed by atoms with Crippen LogP contribution in [-0.2, 0) is 6.42 Å². The predicted molar refractivity (Wildman–Crippen MR) is 128 cm³/mol. The van der Waals surface area contributed by atoms with E-state index in [2.05, 4.69) is 23.2 Å². The Balaban J connectivity index is 1.38. The van der Waals surface area contributed by atoms with Crippen LogP contribution in [0, 0.1) is 17.6 Å². The van der Waals surface area contributed by atoms with Crippen LogP contribution in [0.25, 0.3) is 44.3 Å². The number of rotatable bonds is 4. The van der Waals surface area contributed by atoms with Crippen molar-refractivity contribution in [1.82, 2.24) is 4.98 Å². The number of hydrogen-bond donors (Lipinski definition) is 0. The summed E-state index contributed by atoms with van der Waals surface area (Å²) >= 11 is 0. The van der Waals surface area contributed by atoms with Crippen molar-refractivity contribution in [3.05, 3.63) is 90.1 Å². The molecular weight excluding hydrogens is 416 g/mol. The third-order valence-electron chi connectivity index (χ3n) is 6.84. The lowest BCUT2D eigenvalue weighted by atomic mass is 9.97. The van der Waals surface area contributed by atoms with Gasteiger partial charge >= 0.3 is 0 Å². The first-order valence-corrected chi connectivity index (χ1v) is 11.5. The zero-order valence-corrected chi connectivity index (χ0v) is 18.2. The molecule has 0 radical (unpaired) electrons. The fourth-order valence-electron chi connectivity index (χ4n) is 5.17. The minimum atomic E-state index is -0.587. The standard InChI is InChI=1S/C29H23F2NO/c30-24-6-3-7-25(31)29(24)21-9-11-23-22-10-8-20(16-27(22)33-28(23)17-21)26-15-19(12-13-32-26)14-18-4-1-2-5-18/h3,6-13,15-18H,1-2,4-5,14H2. The number of furan rings is 1. The minimum absolute atomic E-state index is 0.0381. The molecule has 1 saturated carbocycles. The lowest BCUT2D eigenvalue weighted by Crippen LogP contribution is -1.99. The molecule has 0 bridgehead atoms. The lowest BCUT2D eigenvalue weighted by Gasteiger charge is -2.10. The van der Waals surface area contributed by atoms with Crippen molar-refractivity contribution in [3.63, 3.8) is 0 Å². The van der Waals surface area contributed by atoms with E-state index in [9.17, 15) is 8.78 Å². The zero-order valence-electron chi connectivity index (χ0n) is 18.2.